The fraction of sp³-hybridized carbons (Fsp3) is 0.364. The smallest absolute Gasteiger partial charge is 0.246 e. The molecular formula is C22H29N5O2. The first kappa shape index (κ1) is 20.5. The van der Waals surface area contributed by atoms with Crippen LogP contribution in [0.3, 0.4) is 0 Å². The Hall–Kier alpha value is -3.22. The van der Waals surface area contributed by atoms with Gasteiger partial charge in [-0.2, -0.15) is 0 Å². The van der Waals surface area contributed by atoms with E-state index in [9.17, 15) is 9.90 Å². The van der Waals surface area contributed by atoms with Gasteiger partial charge in [-0.1, -0.05) is 18.2 Å². The predicted molar refractivity (Wildman–Crippen MR) is 118 cm³/mol. The quantitative estimate of drug-likeness (QED) is 0.343. The molecule has 0 radical (unpaired) electrons. The molecule has 0 saturated carbocycles. The molecule has 1 amide bonds. The summed E-state index contributed by atoms with van der Waals surface area (Å²) in [5, 5.41) is 18.8. The Balaban J connectivity index is 1.49. The Labute approximate surface area is 171 Å². The van der Waals surface area contributed by atoms with Crippen LogP contribution in [0.1, 0.15) is 19.8 Å². The lowest BCUT2D eigenvalue weighted by atomic mass is 10.0. The van der Waals surface area contributed by atoms with Gasteiger partial charge < -0.3 is 26.0 Å². The van der Waals surface area contributed by atoms with Gasteiger partial charge in [0.2, 0.25) is 5.91 Å². The van der Waals surface area contributed by atoms with Crippen LogP contribution in [0, 0.1) is 0 Å². The summed E-state index contributed by atoms with van der Waals surface area (Å²) in [4.78, 5) is 19.0. The maximum atomic E-state index is 12.2. The van der Waals surface area contributed by atoms with Crippen molar-refractivity contribution >= 4 is 23.2 Å². The Bertz CT molecular complexity index is 800. The van der Waals surface area contributed by atoms with Crippen LogP contribution in [0.5, 0.6) is 5.75 Å². The number of phenolic OH excluding ortho intramolecular Hbond substituents is 1. The third kappa shape index (κ3) is 6.41. The van der Waals surface area contributed by atoms with Gasteiger partial charge in [0, 0.05) is 37.1 Å². The van der Waals surface area contributed by atoms with Gasteiger partial charge in [0.15, 0.2) is 5.96 Å². The fourth-order valence-corrected chi connectivity index (χ4v) is 3.33. The molecule has 0 bridgehead atoms. The van der Waals surface area contributed by atoms with Crippen molar-refractivity contribution in [3.8, 4) is 5.75 Å². The predicted octanol–water partition coefficient (Wildman–Crippen LogP) is 2.55. The molecule has 4 N–H and O–H groups in total. The van der Waals surface area contributed by atoms with Gasteiger partial charge in [0.1, 0.15) is 12.3 Å². The van der Waals surface area contributed by atoms with Crippen molar-refractivity contribution in [2.24, 2.45) is 4.99 Å². The standard InChI is InChI=1S/C22H29N5O2/c1-2-23-22(24-16-21(29)25-17-8-10-20(28)11-9-17)26-18-12-14-27(15-13-18)19-6-4-3-5-7-19/h3-11,18,28H,2,12-16H2,1H3,(H,25,29)(H2,23,24,26). The fourth-order valence-electron chi connectivity index (χ4n) is 3.33. The van der Waals surface area contributed by atoms with Gasteiger partial charge in [-0.05, 0) is 56.2 Å². The van der Waals surface area contributed by atoms with E-state index in [1.165, 1.54) is 17.8 Å². The number of aromatic hydroxyl groups is 1. The number of hydrogen-bond acceptors (Lipinski definition) is 4. The molecular weight excluding hydrogens is 366 g/mol. The number of phenols is 1. The highest BCUT2D eigenvalue weighted by molar-refractivity contribution is 5.94. The number of amides is 1. The molecule has 0 atom stereocenters. The molecule has 1 aliphatic heterocycles. The van der Waals surface area contributed by atoms with Crippen LogP contribution in [0.4, 0.5) is 11.4 Å². The lowest BCUT2D eigenvalue weighted by Crippen LogP contribution is -2.49. The average Bonchev–Trinajstić information content (AvgIpc) is 2.75. The minimum Gasteiger partial charge on any atom is -0.508 e. The Morgan fingerprint density at radius 3 is 2.45 bits per heavy atom. The SMILES string of the molecule is CCNC(=NCC(=O)Nc1ccc(O)cc1)NC1CCN(c2ccccc2)CC1. The maximum absolute atomic E-state index is 12.2. The zero-order valence-corrected chi connectivity index (χ0v) is 16.8. The largest absolute Gasteiger partial charge is 0.508 e. The highest BCUT2D eigenvalue weighted by atomic mass is 16.3. The minimum atomic E-state index is -0.202. The van der Waals surface area contributed by atoms with Crippen LogP contribution < -0.4 is 20.9 Å². The summed E-state index contributed by atoms with van der Waals surface area (Å²) in [6.07, 6.45) is 2.03. The minimum absolute atomic E-state index is 0.0269. The van der Waals surface area contributed by atoms with E-state index in [2.05, 4.69) is 50.1 Å². The maximum Gasteiger partial charge on any atom is 0.246 e. The summed E-state index contributed by atoms with van der Waals surface area (Å²) < 4.78 is 0. The second-order valence-electron chi connectivity index (χ2n) is 7.03. The molecule has 0 unspecified atom stereocenters. The molecule has 2 aromatic carbocycles. The van der Waals surface area contributed by atoms with Crippen LogP contribution in [0.15, 0.2) is 59.6 Å². The first-order valence-corrected chi connectivity index (χ1v) is 10.1. The number of guanidine groups is 1. The lowest BCUT2D eigenvalue weighted by molar-refractivity contribution is -0.114. The van der Waals surface area contributed by atoms with E-state index in [-0.39, 0.29) is 18.2 Å². The summed E-state index contributed by atoms with van der Waals surface area (Å²) in [6, 6.07) is 17.2. The van der Waals surface area contributed by atoms with E-state index in [0.717, 1.165) is 32.5 Å². The highest BCUT2D eigenvalue weighted by Gasteiger charge is 2.20. The number of carbonyl (C=O) groups excluding carboxylic acids is 1. The number of para-hydroxylation sites is 1. The van der Waals surface area contributed by atoms with Gasteiger partial charge in [-0.25, -0.2) is 4.99 Å². The number of nitrogens with zero attached hydrogens (tertiary/aromatic N) is 2. The molecule has 0 spiro atoms. The summed E-state index contributed by atoms with van der Waals surface area (Å²) >= 11 is 0. The molecule has 0 aliphatic carbocycles. The van der Waals surface area contributed by atoms with Crippen molar-refractivity contribution in [3.05, 3.63) is 54.6 Å². The highest BCUT2D eigenvalue weighted by Crippen LogP contribution is 2.19. The van der Waals surface area contributed by atoms with Crippen molar-refractivity contribution < 1.29 is 9.90 Å². The number of piperidine rings is 1. The van der Waals surface area contributed by atoms with Gasteiger partial charge >= 0.3 is 0 Å². The van der Waals surface area contributed by atoms with Crippen LogP contribution in [0.2, 0.25) is 0 Å². The molecule has 29 heavy (non-hydrogen) atoms. The summed E-state index contributed by atoms with van der Waals surface area (Å²) in [6.45, 7) is 4.74. The second-order valence-corrected chi connectivity index (χ2v) is 7.03. The van der Waals surface area contributed by atoms with Crippen molar-refractivity contribution in [1.29, 1.82) is 0 Å². The normalized spacial score (nSPS) is 15.1. The monoisotopic (exact) mass is 395 g/mol. The molecule has 1 saturated heterocycles. The van der Waals surface area contributed by atoms with Gasteiger partial charge in [-0.15, -0.1) is 0 Å². The molecule has 7 nitrogen and oxygen atoms in total. The molecule has 7 heteroatoms. The Morgan fingerprint density at radius 1 is 1.10 bits per heavy atom. The van der Waals surface area contributed by atoms with E-state index in [0.29, 0.717) is 17.7 Å². The zero-order valence-electron chi connectivity index (χ0n) is 16.8. The summed E-state index contributed by atoms with van der Waals surface area (Å²) in [7, 11) is 0. The number of rotatable bonds is 6. The number of nitrogens with one attached hydrogen (secondary N) is 3. The van der Waals surface area contributed by atoms with E-state index in [1.807, 2.05) is 13.0 Å². The molecule has 0 aromatic heterocycles. The van der Waals surface area contributed by atoms with Crippen molar-refractivity contribution in [1.82, 2.24) is 10.6 Å². The van der Waals surface area contributed by atoms with Gasteiger partial charge in [0.25, 0.3) is 0 Å². The van der Waals surface area contributed by atoms with E-state index in [4.69, 9.17) is 0 Å². The van der Waals surface area contributed by atoms with E-state index >= 15 is 0 Å². The number of aliphatic imine (C=N–C) groups is 1. The number of anilines is 2. The Kier molecular flexibility index (Phi) is 7.33. The first-order chi connectivity index (χ1) is 14.1. The third-order valence-electron chi connectivity index (χ3n) is 4.83. The van der Waals surface area contributed by atoms with Crippen molar-refractivity contribution in [2.75, 3.05) is 36.4 Å². The molecule has 1 heterocycles. The molecule has 3 rings (SSSR count). The van der Waals surface area contributed by atoms with Crippen molar-refractivity contribution in [2.45, 2.75) is 25.8 Å². The third-order valence-corrected chi connectivity index (χ3v) is 4.83. The number of benzene rings is 2. The summed E-state index contributed by atoms with van der Waals surface area (Å²) in [5.41, 5.74) is 1.90. The van der Waals surface area contributed by atoms with Gasteiger partial charge in [-0.3, -0.25) is 4.79 Å². The summed E-state index contributed by atoms with van der Waals surface area (Å²) in [5.74, 6) is 0.622. The molecule has 1 fully saturated rings. The first-order valence-electron chi connectivity index (χ1n) is 10.1. The number of hydrogen-bond donors (Lipinski definition) is 4. The van der Waals surface area contributed by atoms with Gasteiger partial charge in [0.05, 0.1) is 0 Å². The zero-order chi connectivity index (χ0) is 20.5. The van der Waals surface area contributed by atoms with Crippen LogP contribution in [0.25, 0.3) is 0 Å². The van der Waals surface area contributed by atoms with Crippen LogP contribution in [-0.4, -0.2) is 49.2 Å². The topological polar surface area (TPSA) is 89.0 Å². The molecule has 154 valence electrons. The number of carbonyl (C=O) groups is 1. The van der Waals surface area contributed by atoms with E-state index < -0.39 is 0 Å². The molecule has 1 aliphatic rings. The molecule has 2 aromatic rings. The van der Waals surface area contributed by atoms with E-state index in [1.54, 1.807) is 12.1 Å². The average molecular weight is 396 g/mol. The second kappa shape index (κ2) is 10.4. The van der Waals surface area contributed by atoms with Crippen molar-refractivity contribution in [3.63, 3.8) is 0 Å². The van der Waals surface area contributed by atoms with Crippen LogP contribution >= 0.6 is 0 Å². The Morgan fingerprint density at radius 2 is 1.79 bits per heavy atom. The van der Waals surface area contributed by atoms with Crippen LogP contribution in [-0.2, 0) is 4.79 Å². The lowest BCUT2D eigenvalue weighted by Gasteiger charge is -2.34.